The zero-order valence-electron chi connectivity index (χ0n) is 16.1. The number of carbonyl (C=O) groups excluding carboxylic acids is 2. The third kappa shape index (κ3) is 3.88. The van der Waals surface area contributed by atoms with E-state index in [9.17, 15) is 9.59 Å². The molecule has 0 unspecified atom stereocenters. The summed E-state index contributed by atoms with van der Waals surface area (Å²) in [5.74, 6) is 0.308. The highest BCUT2D eigenvalue weighted by Gasteiger charge is 2.15. The van der Waals surface area contributed by atoms with Crippen molar-refractivity contribution >= 4 is 55.1 Å². The Balaban J connectivity index is 1.61. The fraction of sp³-hybridized carbons (Fsp3) is 0.143. The number of ether oxygens (including phenoxy) is 1. The molecule has 4 aromatic rings. The Morgan fingerprint density at radius 3 is 2.59 bits per heavy atom. The van der Waals surface area contributed by atoms with Crippen molar-refractivity contribution in [3.63, 3.8) is 0 Å². The Kier molecular flexibility index (Phi) is 4.85. The highest BCUT2D eigenvalue weighted by molar-refractivity contribution is 7.22. The second-order valence-corrected chi connectivity index (χ2v) is 7.55. The molecule has 7 nitrogen and oxygen atoms in total. The molecule has 0 atom stereocenters. The van der Waals surface area contributed by atoms with Gasteiger partial charge in [-0.05, 0) is 43.3 Å². The lowest BCUT2D eigenvalue weighted by Gasteiger charge is -2.08. The van der Waals surface area contributed by atoms with Crippen molar-refractivity contribution in [2.45, 2.75) is 13.8 Å². The molecule has 2 heterocycles. The Hall–Kier alpha value is -3.52. The maximum Gasteiger partial charge on any atom is 0.259 e. The van der Waals surface area contributed by atoms with Gasteiger partial charge in [0.25, 0.3) is 5.91 Å². The quantitative estimate of drug-likeness (QED) is 0.525. The molecule has 2 N–H and O–H groups in total. The first-order chi connectivity index (χ1) is 13.9. The molecule has 146 valence electrons. The predicted molar refractivity (Wildman–Crippen MR) is 115 cm³/mol. The Morgan fingerprint density at radius 1 is 1.00 bits per heavy atom. The normalized spacial score (nSPS) is 10.9. The lowest BCUT2D eigenvalue weighted by Crippen LogP contribution is -2.14. The number of methoxy groups -OCH3 is 1. The summed E-state index contributed by atoms with van der Waals surface area (Å²) < 4.78 is 6.10. The summed E-state index contributed by atoms with van der Waals surface area (Å²) in [5, 5.41) is 6.93. The lowest BCUT2D eigenvalue weighted by atomic mass is 10.1. The molecule has 0 aliphatic heterocycles. The second-order valence-electron chi connectivity index (χ2n) is 6.52. The largest absolute Gasteiger partial charge is 0.497 e. The Morgan fingerprint density at radius 2 is 1.83 bits per heavy atom. The number of hydrogen-bond acceptors (Lipinski definition) is 6. The van der Waals surface area contributed by atoms with Gasteiger partial charge >= 0.3 is 0 Å². The molecule has 0 bridgehead atoms. The number of rotatable bonds is 4. The molecule has 0 saturated heterocycles. The van der Waals surface area contributed by atoms with E-state index in [1.54, 1.807) is 20.1 Å². The van der Waals surface area contributed by atoms with Crippen molar-refractivity contribution in [3.05, 3.63) is 53.7 Å². The lowest BCUT2D eigenvalue weighted by molar-refractivity contribution is -0.114. The smallest absolute Gasteiger partial charge is 0.259 e. The van der Waals surface area contributed by atoms with Crippen molar-refractivity contribution in [1.82, 2.24) is 9.97 Å². The molecule has 2 aromatic carbocycles. The molecule has 2 aromatic heterocycles. The minimum atomic E-state index is -0.270. The molecule has 0 radical (unpaired) electrons. The number of pyridine rings is 1. The SMILES string of the molecule is COc1ccc2cc(C(=O)Nc3nc4ccc(NC(C)=O)cc4s3)c(C)nc2c1. The minimum Gasteiger partial charge on any atom is -0.497 e. The number of benzene rings is 2. The molecule has 0 spiro atoms. The maximum absolute atomic E-state index is 12.8. The van der Waals surface area contributed by atoms with Gasteiger partial charge in [-0.2, -0.15) is 0 Å². The van der Waals surface area contributed by atoms with E-state index in [4.69, 9.17) is 4.74 Å². The van der Waals surface area contributed by atoms with Gasteiger partial charge in [0.2, 0.25) is 5.91 Å². The first-order valence-corrected chi connectivity index (χ1v) is 9.69. The average Bonchev–Trinajstić information content (AvgIpc) is 3.07. The van der Waals surface area contributed by atoms with Gasteiger partial charge in [-0.25, -0.2) is 4.98 Å². The van der Waals surface area contributed by atoms with E-state index in [1.807, 2.05) is 36.4 Å². The summed E-state index contributed by atoms with van der Waals surface area (Å²) in [7, 11) is 1.60. The number of thiazole rings is 1. The number of carbonyl (C=O) groups is 2. The van der Waals surface area contributed by atoms with E-state index in [1.165, 1.54) is 18.3 Å². The fourth-order valence-electron chi connectivity index (χ4n) is 3.02. The fourth-order valence-corrected chi connectivity index (χ4v) is 3.92. The topological polar surface area (TPSA) is 93.2 Å². The van der Waals surface area contributed by atoms with E-state index < -0.39 is 0 Å². The zero-order valence-corrected chi connectivity index (χ0v) is 16.9. The van der Waals surface area contributed by atoms with Crippen LogP contribution in [0.3, 0.4) is 0 Å². The van der Waals surface area contributed by atoms with Crippen molar-refractivity contribution in [3.8, 4) is 5.75 Å². The molecule has 0 saturated carbocycles. The van der Waals surface area contributed by atoms with Gasteiger partial charge in [0.1, 0.15) is 5.75 Å². The maximum atomic E-state index is 12.8. The Labute approximate surface area is 170 Å². The van der Waals surface area contributed by atoms with Crippen LogP contribution < -0.4 is 15.4 Å². The van der Waals surface area contributed by atoms with Crippen LogP contribution in [0.1, 0.15) is 23.0 Å². The van der Waals surface area contributed by atoms with Gasteiger partial charge in [0, 0.05) is 24.1 Å². The molecule has 4 rings (SSSR count). The van der Waals surface area contributed by atoms with E-state index in [-0.39, 0.29) is 11.8 Å². The van der Waals surface area contributed by atoms with Crippen LogP contribution in [-0.2, 0) is 4.79 Å². The summed E-state index contributed by atoms with van der Waals surface area (Å²) in [6, 6.07) is 12.8. The predicted octanol–water partition coefficient (Wildman–Crippen LogP) is 4.37. The van der Waals surface area contributed by atoms with Gasteiger partial charge in [0.05, 0.1) is 34.1 Å². The van der Waals surface area contributed by atoms with Gasteiger partial charge in [0.15, 0.2) is 5.13 Å². The van der Waals surface area contributed by atoms with Crippen molar-refractivity contribution < 1.29 is 14.3 Å². The Bertz CT molecular complexity index is 1270. The number of fused-ring (bicyclic) bond motifs is 2. The van der Waals surface area contributed by atoms with Crippen LogP contribution in [0.4, 0.5) is 10.8 Å². The molecule has 29 heavy (non-hydrogen) atoms. The van der Waals surface area contributed by atoms with Crippen LogP contribution >= 0.6 is 11.3 Å². The summed E-state index contributed by atoms with van der Waals surface area (Å²) in [6.07, 6.45) is 0. The molecule has 0 aliphatic carbocycles. The van der Waals surface area contributed by atoms with Crippen molar-refractivity contribution in [2.24, 2.45) is 0 Å². The number of anilines is 2. The van der Waals surface area contributed by atoms with Crippen LogP contribution in [0.15, 0.2) is 42.5 Å². The van der Waals surface area contributed by atoms with E-state index >= 15 is 0 Å². The zero-order chi connectivity index (χ0) is 20.5. The first-order valence-electron chi connectivity index (χ1n) is 8.88. The van der Waals surface area contributed by atoms with Gasteiger partial charge in [-0.15, -0.1) is 0 Å². The van der Waals surface area contributed by atoms with Crippen molar-refractivity contribution in [2.75, 3.05) is 17.7 Å². The minimum absolute atomic E-state index is 0.140. The van der Waals surface area contributed by atoms with Crippen LogP contribution in [0, 0.1) is 6.92 Å². The molecule has 2 amide bonds. The molecule has 0 fully saturated rings. The number of aryl methyl sites for hydroxylation is 1. The van der Waals surface area contributed by atoms with Crippen LogP contribution in [0.5, 0.6) is 5.75 Å². The number of nitrogens with one attached hydrogen (secondary N) is 2. The summed E-state index contributed by atoms with van der Waals surface area (Å²) in [4.78, 5) is 33.0. The molecular formula is C21H18N4O3S. The summed E-state index contributed by atoms with van der Waals surface area (Å²) in [6.45, 7) is 3.25. The van der Waals surface area contributed by atoms with Crippen molar-refractivity contribution in [1.29, 1.82) is 0 Å². The van der Waals surface area contributed by atoms with Crippen LogP contribution in [0.2, 0.25) is 0 Å². The molecule has 0 aliphatic rings. The summed E-state index contributed by atoms with van der Waals surface area (Å²) >= 11 is 1.34. The number of aromatic nitrogens is 2. The third-order valence-corrected chi connectivity index (χ3v) is 5.32. The second kappa shape index (κ2) is 7.48. The monoisotopic (exact) mass is 406 g/mol. The standard InChI is InChI=1S/C21H18N4O3S/c1-11-16(8-13-4-6-15(28-3)10-18(13)22-11)20(27)25-21-24-17-7-5-14(23-12(2)26)9-19(17)29-21/h4-10H,1-3H3,(H,23,26)(H,24,25,27). The van der Waals surface area contributed by atoms with E-state index in [0.29, 0.717) is 22.1 Å². The summed E-state index contributed by atoms with van der Waals surface area (Å²) in [5.41, 5.74) is 3.32. The van der Waals surface area contributed by atoms with Crippen LogP contribution in [-0.4, -0.2) is 28.9 Å². The van der Waals surface area contributed by atoms with E-state index in [0.717, 1.165) is 26.9 Å². The van der Waals surface area contributed by atoms with Crippen LogP contribution in [0.25, 0.3) is 21.1 Å². The van der Waals surface area contributed by atoms with E-state index in [2.05, 4.69) is 20.6 Å². The number of nitrogens with zero attached hydrogens (tertiary/aromatic N) is 2. The van der Waals surface area contributed by atoms with Gasteiger partial charge < -0.3 is 10.1 Å². The average molecular weight is 406 g/mol. The van der Waals surface area contributed by atoms with Gasteiger partial charge in [-0.3, -0.25) is 19.9 Å². The first kappa shape index (κ1) is 18.8. The van der Waals surface area contributed by atoms with Gasteiger partial charge in [-0.1, -0.05) is 11.3 Å². The third-order valence-electron chi connectivity index (χ3n) is 4.39. The number of hydrogen-bond donors (Lipinski definition) is 2. The number of amides is 2. The highest BCUT2D eigenvalue weighted by Crippen LogP contribution is 2.29. The molecule has 8 heteroatoms. The molecular weight excluding hydrogens is 388 g/mol. The highest BCUT2D eigenvalue weighted by atomic mass is 32.1.